The van der Waals surface area contributed by atoms with E-state index in [9.17, 15) is 4.79 Å². The SMILES string of the molecule is CCOc1ccccc1NC(=O)C[NH+](Cc1ccco1)Cc1ccco1. The smallest absolute Gasteiger partial charge is 0.279 e. The lowest BCUT2D eigenvalue weighted by atomic mass is 10.3. The van der Waals surface area contributed by atoms with Crippen molar-refractivity contribution in [3.8, 4) is 5.75 Å². The molecule has 0 unspecified atom stereocenters. The first-order chi connectivity index (χ1) is 12.7. The number of para-hydroxylation sites is 2. The molecule has 26 heavy (non-hydrogen) atoms. The molecule has 0 radical (unpaired) electrons. The Kier molecular flexibility index (Phi) is 6.11. The summed E-state index contributed by atoms with van der Waals surface area (Å²) < 4.78 is 16.4. The van der Waals surface area contributed by atoms with E-state index in [0.717, 1.165) is 16.4 Å². The molecule has 0 aliphatic heterocycles. The van der Waals surface area contributed by atoms with E-state index >= 15 is 0 Å². The molecule has 0 fully saturated rings. The van der Waals surface area contributed by atoms with Gasteiger partial charge in [-0.3, -0.25) is 4.79 Å². The molecular formula is C20H23N2O4+. The average Bonchev–Trinajstić information content (AvgIpc) is 3.31. The van der Waals surface area contributed by atoms with E-state index in [1.165, 1.54) is 0 Å². The number of rotatable bonds is 9. The number of benzene rings is 1. The van der Waals surface area contributed by atoms with Crippen molar-refractivity contribution >= 4 is 11.6 Å². The summed E-state index contributed by atoms with van der Waals surface area (Å²) in [5, 5.41) is 2.94. The van der Waals surface area contributed by atoms with Gasteiger partial charge in [-0.1, -0.05) is 12.1 Å². The highest BCUT2D eigenvalue weighted by molar-refractivity contribution is 5.92. The number of carbonyl (C=O) groups excluding carboxylic acids is 1. The summed E-state index contributed by atoms with van der Waals surface area (Å²) in [6, 6.07) is 14.9. The molecule has 0 spiro atoms. The Hall–Kier alpha value is -2.99. The van der Waals surface area contributed by atoms with Crippen LogP contribution in [0.4, 0.5) is 5.69 Å². The molecule has 3 rings (SSSR count). The quantitative estimate of drug-likeness (QED) is 0.619. The lowest BCUT2D eigenvalue weighted by molar-refractivity contribution is -0.921. The van der Waals surface area contributed by atoms with Crippen molar-refractivity contribution in [2.45, 2.75) is 20.0 Å². The molecule has 2 heterocycles. The van der Waals surface area contributed by atoms with Gasteiger partial charge in [0.2, 0.25) is 0 Å². The van der Waals surface area contributed by atoms with Crippen LogP contribution < -0.4 is 15.0 Å². The van der Waals surface area contributed by atoms with Gasteiger partial charge >= 0.3 is 0 Å². The van der Waals surface area contributed by atoms with E-state index in [1.807, 2.05) is 55.5 Å². The van der Waals surface area contributed by atoms with Crippen LogP contribution in [0.2, 0.25) is 0 Å². The summed E-state index contributed by atoms with van der Waals surface area (Å²) in [5.41, 5.74) is 0.676. The molecule has 0 atom stereocenters. The third kappa shape index (κ3) is 5.00. The Balaban J connectivity index is 1.66. The van der Waals surface area contributed by atoms with Crippen molar-refractivity contribution in [3.05, 3.63) is 72.6 Å². The molecule has 136 valence electrons. The minimum absolute atomic E-state index is 0.0923. The molecule has 1 aromatic carbocycles. The third-order valence-electron chi connectivity index (χ3n) is 3.88. The normalized spacial score (nSPS) is 10.8. The number of nitrogens with one attached hydrogen (secondary N) is 2. The molecule has 0 saturated heterocycles. The van der Waals surface area contributed by atoms with Gasteiger partial charge in [-0.25, -0.2) is 0 Å². The minimum atomic E-state index is -0.0923. The van der Waals surface area contributed by atoms with E-state index in [0.29, 0.717) is 31.1 Å². The van der Waals surface area contributed by atoms with Gasteiger partial charge in [0.1, 0.15) is 18.8 Å². The van der Waals surface area contributed by atoms with Crippen LogP contribution in [-0.2, 0) is 17.9 Å². The highest BCUT2D eigenvalue weighted by Gasteiger charge is 2.19. The molecule has 2 aromatic heterocycles. The van der Waals surface area contributed by atoms with E-state index in [-0.39, 0.29) is 12.5 Å². The van der Waals surface area contributed by atoms with Gasteiger partial charge in [0.25, 0.3) is 5.91 Å². The Morgan fingerprint density at radius 2 is 1.65 bits per heavy atom. The maximum Gasteiger partial charge on any atom is 0.279 e. The minimum Gasteiger partial charge on any atom is -0.492 e. The Labute approximate surface area is 152 Å². The molecular weight excluding hydrogens is 332 g/mol. The number of anilines is 1. The number of carbonyl (C=O) groups is 1. The first-order valence-electron chi connectivity index (χ1n) is 8.64. The average molecular weight is 355 g/mol. The summed E-state index contributed by atoms with van der Waals surface area (Å²) in [6.45, 7) is 3.92. The summed E-state index contributed by atoms with van der Waals surface area (Å²) >= 11 is 0. The molecule has 1 amide bonds. The van der Waals surface area contributed by atoms with E-state index < -0.39 is 0 Å². The maximum atomic E-state index is 12.6. The molecule has 0 bridgehead atoms. The summed E-state index contributed by atoms with van der Waals surface area (Å²) in [7, 11) is 0. The zero-order valence-corrected chi connectivity index (χ0v) is 14.7. The van der Waals surface area contributed by atoms with Gasteiger partial charge < -0.3 is 23.8 Å². The molecule has 6 nitrogen and oxygen atoms in total. The predicted molar refractivity (Wildman–Crippen MR) is 96.9 cm³/mol. The topological polar surface area (TPSA) is 69.0 Å². The lowest BCUT2D eigenvalue weighted by Crippen LogP contribution is -3.10. The number of quaternary nitrogens is 1. The van der Waals surface area contributed by atoms with Crippen LogP contribution >= 0.6 is 0 Å². The zero-order valence-electron chi connectivity index (χ0n) is 14.7. The summed E-state index contributed by atoms with van der Waals surface area (Å²) in [5.74, 6) is 2.23. The molecule has 0 saturated carbocycles. The fourth-order valence-electron chi connectivity index (χ4n) is 2.78. The number of hydrogen-bond acceptors (Lipinski definition) is 4. The number of furan rings is 2. The second-order valence-corrected chi connectivity index (χ2v) is 5.92. The first-order valence-corrected chi connectivity index (χ1v) is 8.64. The lowest BCUT2D eigenvalue weighted by Gasteiger charge is -2.18. The van der Waals surface area contributed by atoms with Crippen molar-refractivity contribution in [1.82, 2.24) is 0 Å². The highest BCUT2D eigenvalue weighted by atomic mass is 16.5. The van der Waals surface area contributed by atoms with Gasteiger partial charge in [-0.05, 0) is 43.3 Å². The molecule has 2 N–H and O–H groups in total. The summed E-state index contributed by atoms with van der Waals surface area (Å²) in [6.07, 6.45) is 3.27. The third-order valence-corrected chi connectivity index (χ3v) is 3.88. The van der Waals surface area contributed by atoms with Crippen LogP contribution in [0, 0.1) is 0 Å². The standard InChI is InChI=1S/C20H22N2O4/c1-2-24-19-10-4-3-9-18(19)21-20(23)15-22(13-16-7-5-11-25-16)14-17-8-6-12-26-17/h3-12H,2,13-15H2,1H3,(H,21,23)/p+1. The van der Waals surface area contributed by atoms with E-state index in [2.05, 4.69) is 5.32 Å². The summed E-state index contributed by atoms with van der Waals surface area (Å²) in [4.78, 5) is 13.6. The Morgan fingerprint density at radius 1 is 1.00 bits per heavy atom. The Bertz CT molecular complexity index is 761. The van der Waals surface area contributed by atoms with Crippen molar-refractivity contribution < 1.29 is 23.3 Å². The number of ether oxygens (including phenoxy) is 1. The van der Waals surface area contributed by atoms with Crippen LogP contribution in [-0.4, -0.2) is 19.1 Å². The fourth-order valence-corrected chi connectivity index (χ4v) is 2.78. The second kappa shape index (κ2) is 8.92. The monoisotopic (exact) mass is 355 g/mol. The zero-order chi connectivity index (χ0) is 18.2. The predicted octanol–water partition coefficient (Wildman–Crippen LogP) is 2.50. The molecule has 6 heteroatoms. The van der Waals surface area contributed by atoms with Gasteiger partial charge in [-0.15, -0.1) is 0 Å². The van der Waals surface area contributed by atoms with E-state index in [4.69, 9.17) is 13.6 Å². The van der Waals surface area contributed by atoms with Crippen LogP contribution in [0.25, 0.3) is 0 Å². The van der Waals surface area contributed by atoms with E-state index in [1.54, 1.807) is 12.5 Å². The molecule has 0 aliphatic rings. The second-order valence-electron chi connectivity index (χ2n) is 5.92. The van der Waals surface area contributed by atoms with Gasteiger partial charge in [0, 0.05) is 0 Å². The van der Waals surface area contributed by atoms with Crippen LogP contribution in [0.3, 0.4) is 0 Å². The van der Waals surface area contributed by atoms with Gasteiger partial charge in [0.05, 0.1) is 24.8 Å². The van der Waals surface area contributed by atoms with Crippen LogP contribution in [0.15, 0.2) is 69.9 Å². The number of hydrogen-bond donors (Lipinski definition) is 2. The largest absolute Gasteiger partial charge is 0.492 e. The van der Waals surface area contributed by atoms with Crippen LogP contribution in [0.5, 0.6) is 5.75 Å². The van der Waals surface area contributed by atoms with Crippen LogP contribution in [0.1, 0.15) is 18.4 Å². The van der Waals surface area contributed by atoms with Crippen molar-refractivity contribution in [2.75, 3.05) is 18.5 Å². The van der Waals surface area contributed by atoms with Gasteiger partial charge in [0.15, 0.2) is 18.1 Å². The fraction of sp³-hybridized carbons (Fsp3) is 0.250. The Morgan fingerprint density at radius 3 is 2.23 bits per heavy atom. The highest BCUT2D eigenvalue weighted by Crippen LogP contribution is 2.23. The van der Waals surface area contributed by atoms with Gasteiger partial charge in [-0.2, -0.15) is 0 Å². The number of amides is 1. The van der Waals surface area contributed by atoms with Crippen molar-refractivity contribution in [3.63, 3.8) is 0 Å². The molecule has 3 aromatic rings. The van der Waals surface area contributed by atoms with Crippen molar-refractivity contribution in [1.29, 1.82) is 0 Å². The van der Waals surface area contributed by atoms with Crippen molar-refractivity contribution in [2.24, 2.45) is 0 Å². The first kappa shape index (κ1) is 17.8. The maximum absolute atomic E-state index is 12.6. The molecule has 0 aliphatic carbocycles.